The second-order valence-electron chi connectivity index (χ2n) is 9.55. The van der Waals surface area contributed by atoms with E-state index in [1.54, 1.807) is 29.6 Å². The number of imidazole rings is 1. The number of thiocarbonyl (C=S) groups is 1. The Balaban J connectivity index is 1.22. The van der Waals surface area contributed by atoms with Crippen LogP contribution in [0.25, 0.3) is 0 Å². The van der Waals surface area contributed by atoms with Crippen LogP contribution in [0.1, 0.15) is 21.6 Å². The van der Waals surface area contributed by atoms with E-state index in [1.165, 1.54) is 36.4 Å². The molecule has 10 nitrogen and oxygen atoms in total. The fraction of sp³-hybridized carbons (Fsp3) is 0.207. The number of hydrogen-bond donors (Lipinski definition) is 2. The molecule has 4 aromatic rings. The number of hydrogen-bond acceptors (Lipinski definition) is 6. The molecule has 0 saturated carbocycles. The molecule has 1 aromatic heterocycles. The third kappa shape index (κ3) is 6.84. The number of carbonyl (C=O) groups is 1. The van der Waals surface area contributed by atoms with Crippen molar-refractivity contribution in [2.75, 3.05) is 36.0 Å². The lowest BCUT2D eigenvalue weighted by Crippen LogP contribution is -2.51. The summed E-state index contributed by atoms with van der Waals surface area (Å²) in [5.74, 6) is -0.542. The minimum atomic E-state index is -0.493. The summed E-state index contributed by atoms with van der Waals surface area (Å²) in [7, 11) is 0. The second-order valence-corrected chi connectivity index (χ2v) is 9.93. The summed E-state index contributed by atoms with van der Waals surface area (Å²) < 4.78 is 13.1. The van der Waals surface area contributed by atoms with Gasteiger partial charge >= 0.3 is 0 Å². The number of benzene rings is 3. The number of aromatic nitrogens is 2. The summed E-state index contributed by atoms with van der Waals surface area (Å²) in [6.45, 7) is 3.85. The van der Waals surface area contributed by atoms with E-state index >= 15 is 0 Å². The number of H-pyrrole nitrogens is 1. The van der Waals surface area contributed by atoms with Gasteiger partial charge in [-0.25, -0.2) is 9.37 Å². The largest absolute Gasteiger partial charge is 0.368 e. The molecule has 1 saturated heterocycles. The first kappa shape index (κ1) is 27.7. The molecule has 41 heavy (non-hydrogen) atoms. The van der Waals surface area contributed by atoms with E-state index in [0.717, 1.165) is 43.1 Å². The highest BCUT2D eigenvalue weighted by molar-refractivity contribution is 7.80. The van der Waals surface area contributed by atoms with Crippen LogP contribution >= 0.6 is 12.2 Å². The van der Waals surface area contributed by atoms with Gasteiger partial charge in [0.2, 0.25) is 0 Å². The van der Waals surface area contributed by atoms with Gasteiger partial charge in [-0.3, -0.25) is 14.9 Å². The molecule has 210 valence electrons. The van der Waals surface area contributed by atoms with Gasteiger partial charge in [-0.05, 0) is 66.3 Å². The minimum Gasteiger partial charge on any atom is -0.368 e. The number of piperazine rings is 1. The van der Waals surface area contributed by atoms with Crippen molar-refractivity contribution in [3.63, 3.8) is 0 Å². The van der Waals surface area contributed by atoms with Crippen LogP contribution in [-0.4, -0.2) is 57.0 Å². The van der Waals surface area contributed by atoms with E-state index in [2.05, 4.69) is 25.1 Å². The molecule has 12 heteroatoms. The fourth-order valence-corrected chi connectivity index (χ4v) is 4.86. The number of nitrogens with zero attached hydrogens (tertiary/aromatic N) is 5. The highest BCUT2D eigenvalue weighted by Gasteiger charge is 2.22. The number of carbonyl (C=O) groups excluding carboxylic acids is 1. The number of non-ortho nitro benzene ring substituents is 1. The van der Waals surface area contributed by atoms with E-state index in [4.69, 9.17) is 12.2 Å². The summed E-state index contributed by atoms with van der Waals surface area (Å²) in [6, 6.07) is 19.7. The van der Waals surface area contributed by atoms with Crippen LogP contribution < -0.4 is 15.1 Å². The Morgan fingerprint density at radius 1 is 1.02 bits per heavy atom. The Labute approximate surface area is 241 Å². The van der Waals surface area contributed by atoms with Crippen molar-refractivity contribution in [1.29, 1.82) is 0 Å². The Hall–Kier alpha value is -4.84. The van der Waals surface area contributed by atoms with Crippen LogP contribution in [0.5, 0.6) is 0 Å². The van der Waals surface area contributed by atoms with Crippen molar-refractivity contribution in [3.05, 3.63) is 118 Å². The zero-order valence-electron chi connectivity index (χ0n) is 22.1. The van der Waals surface area contributed by atoms with Crippen molar-refractivity contribution in [3.8, 4) is 0 Å². The number of aromatic amines is 1. The summed E-state index contributed by atoms with van der Waals surface area (Å²) in [4.78, 5) is 37.1. The molecule has 1 aliphatic heterocycles. The number of nitrogens with one attached hydrogen (secondary N) is 2. The SMILES string of the molecule is O=C(c1ccc([N+](=O)[O-])cc1)N(Cc1cnc[nH]1)c1ccc(N2CCN(C(=S)NCc3ccc(F)cc3)CC2)cc1. The first-order valence-corrected chi connectivity index (χ1v) is 13.4. The van der Waals surface area contributed by atoms with Gasteiger partial charge in [-0.15, -0.1) is 0 Å². The number of nitro benzene ring substituents is 1. The van der Waals surface area contributed by atoms with Crippen molar-refractivity contribution in [2.24, 2.45) is 0 Å². The van der Waals surface area contributed by atoms with Crippen molar-refractivity contribution >= 4 is 40.3 Å². The standard InChI is InChI=1S/C29H28FN7O3S/c30-23-5-1-21(2-6-23)17-32-29(41)35-15-13-34(14-16-35)25-9-11-26(12-10-25)36(19-24-18-31-20-33-24)28(38)22-3-7-27(8-4-22)37(39)40/h1-12,18,20H,13-17,19H2,(H,31,33)(H,32,41). The van der Waals surface area contributed by atoms with E-state index in [0.29, 0.717) is 22.9 Å². The van der Waals surface area contributed by atoms with Gasteiger partial charge in [0.1, 0.15) is 5.82 Å². The van der Waals surface area contributed by atoms with E-state index in [-0.39, 0.29) is 24.0 Å². The molecule has 2 N–H and O–H groups in total. The molecule has 0 spiro atoms. The van der Waals surface area contributed by atoms with Crippen LogP contribution in [0.4, 0.5) is 21.5 Å². The molecule has 0 unspecified atom stereocenters. The third-order valence-electron chi connectivity index (χ3n) is 6.90. The minimum absolute atomic E-state index is 0.0736. The van der Waals surface area contributed by atoms with Crippen molar-refractivity contribution in [1.82, 2.24) is 20.2 Å². The predicted molar refractivity (Wildman–Crippen MR) is 158 cm³/mol. The predicted octanol–water partition coefficient (Wildman–Crippen LogP) is 4.50. The monoisotopic (exact) mass is 573 g/mol. The average Bonchev–Trinajstić information content (AvgIpc) is 3.53. The zero-order chi connectivity index (χ0) is 28.8. The molecule has 1 fully saturated rings. The van der Waals surface area contributed by atoms with Crippen molar-refractivity contribution < 1.29 is 14.1 Å². The lowest BCUT2D eigenvalue weighted by Gasteiger charge is -2.37. The molecule has 1 amide bonds. The van der Waals surface area contributed by atoms with Gasteiger partial charge in [0.15, 0.2) is 5.11 Å². The molecule has 5 rings (SSSR count). The molecule has 0 bridgehead atoms. The van der Waals surface area contributed by atoms with Crippen LogP contribution in [-0.2, 0) is 13.1 Å². The number of halogens is 1. The molecule has 0 aliphatic carbocycles. The van der Waals surface area contributed by atoms with Gasteiger partial charge < -0.3 is 25.0 Å². The molecule has 3 aromatic carbocycles. The third-order valence-corrected chi connectivity index (χ3v) is 7.31. The highest BCUT2D eigenvalue weighted by Crippen LogP contribution is 2.25. The second kappa shape index (κ2) is 12.6. The Morgan fingerprint density at radius 2 is 1.71 bits per heavy atom. The first-order valence-electron chi connectivity index (χ1n) is 13.0. The van der Waals surface area contributed by atoms with Gasteiger partial charge in [0, 0.05) is 68.0 Å². The van der Waals surface area contributed by atoms with Crippen LogP contribution in [0, 0.1) is 15.9 Å². The molecule has 2 heterocycles. The molecular weight excluding hydrogens is 545 g/mol. The van der Waals surface area contributed by atoms with E-state index in [9.17, 15) is 19.3 Å². The summed E-state index contributed by atoms with van der Waals surface area (Å²) in [6.07, 6.45) is 3.21. The van der Waals surface area contributed by atoms with Crippen LogP contribution in [0.3, 0.4) is 0 Å². The van der Waals surface area contributed by atoms with Gasteiger partial charge in [-0.1, -0.05) is 12.1 Å². The topological polar surface area (TPSA) is 111 Å². The first-order chi connectivity index (χ1) is 19.9. The van der Waals surface area contributed by atoms with Crippen LogP contribution in [0.15, 0.2) is 85.3 Å². The Kier molecular flexibility index (Phi) is 8.49. The van der Waals surface area contributed by atoms with E-state index in [1.807, 2.05) is 24.3 Å². The highest BCUT2D eigenvalue weighted by atomic mass is 32.1. The molecule has 0 radical (unpaired) electrons. The smallest absolute Gasteiger partial charge is 0.269 e. The van der Waals surface area contributed by atoms with Gasteiger partial charge in [-0.2, -0.15) is 0 Å². The number of amides is 1. The Morgan fingerprint density at radius 3 is 2.32 bits per heavy atom. The molecule has 0 atom stereocenters. The lowest BCUT2D eigenvalue weighted by atomic mass is 10.1. The van der Waals surface area contributed by atoms with Crippen molar-refractivity contribution in [2.45, 2.75) is 13.1 Å². The normalized spacial score (nSPS) is 13.1. The summed E-state index contributed by atoms with van der Waals surface area (Å²) in [5, 5.41) is 14.9. The Bertz CT molecular complexity index is 1490. The average molecular weight is 574 g/mol. The molecular formula is C29H28FN7O3S. The zero-order valence-corrected chi connectivity index (χ0v) is 22.9. The van der Waals surface area contributed by atoms with Gasteiger partial charge in [0.05, 0.1) is 23.5 Å². The summed E-state index contributed by atoms with van der Waals surface area (Å²) in [5.41, 5.74) is 3.71. The van der Waals surface area contributed by atoms with Crippen LogP contribution in [0.2, 0.25) is 0 Å². The lowest BCUT2D eigenvalue weighted by molar-refractivity contribution is -0.384. The quantitative estimate of drug-likeness (QED) is 0.180. The summed E-state index contributed by atoms with van der Waals surface area (Å²) >= 11 is 5.58. The number of rotatable bonds is 8. The maximum atomic E-state index is 13.5. The fourth-order valence-electron chi connectivity index (χ4n) is 4.61. The van der Waals surface area contributed by atoms with Gasteiger partial charge in [0.25, 0.3) is 11.6 Å². The number of anilines is 2. The van der Waals surface area contributed by atoms with E-state index < -0.39 is 4.92 Å². The maximum absolute atomic E-state index is 13.5. The molecule has 1 aliphatic rings. The maximum Gasteiger partial charge on any atom is 0.269 e. The number of nitro groups is 1.